The van der Waals surface area contributed by atoms with Crippen molar-refractivity contribution in [3.05, 3.63) is 29.6 Å². The predicted octanol–water partition coefficient (Wildman–Crippen LogP) is 2.21. The first-order chi connectivity index (χ1) is 10.0. The van der Waals surface area contributed by atoms with Gasteiger partial charge in [0.2, 0.25) is 0 Å². The molecule has 1 amide bonds. The van der Waals surface area contributed by atoms with E-state index < -0.39 is 23.6 Å². The van der Waals surface area contributed by atoms with E-state index in [0.717, 1.165) is 18.9 Å². The number of hydrogen-bond acceptors (Lipinski definition) is 3. The van der Waals surface area contributed by atoms with Gasteiger partial charge in [0.05, 0.1) is 13.0 Å². The second kappa shape index (κ2) is 6.56. The van der Waals surface area contributed by atoms with Crippen LogP contribution in [0.3, 0.4) is 0 Å². The zero-order chi connectivity index (χ0) is 15.4. The van der Waals surface area contributed by atoms with E-state index in [0.29, 0.717) is 12.8 Å². The first kappa shape index (κ1) is 15.3. The van der Waals surface area contributed by atoms with Gasteiger partial charge in [-0.2, -0.15) is 0 Å². The highest BCUT2D eigenvalue weighted by Crippen LogP contribution is 2.25. The lowest BCUT2D eigenvalue weighted by Crippen LogP contribution is -2.45. The van der Waals surface area contributed by atoms with Crippen molar-refractivity contribution in [2.45, 2.75) is 31.7 Å². The Morgan fingerprint density at radius 3 is 2.71 bits per heavy atom. The van der Waals surface area contributed by atoms with Gasteiger partial charge in [0.25, 0.3) is 5.91 Å². The number of carbonyl (C=O) groups is 2. The predicted molar refractivity (Wildman–Crippen MR) is 73.8 cm³/mol. The maximum absolute atomic E-state index is 13.3. The second-order valence-electron chi connectivity index (χ2n) is 5.16. The summed E-state index contributed by atoms with van der Waals surface area (Å²) in [6.07, 6.45) is 2.95. The molecule has 1 fully saturated rings. The molecule has 0 bridgehead atoms. The molecular formula is C15H18FNO4. The zero-order valence-electron chi connectivity index (χ0n) is 11.8. The van der Waals surface area contributed by atoms with Crippen molar-refractivity contribution in [1.29, 1.82) is 0 Å². The average molecular weight is 295 g/mol. The number of ether oxygens (including phenoxy) is 1. The average Bonchev–Trinajstić information content (AvgIpc) is 2.48. The lowest BCUT2D eigenvalue weighted by molar-refractivity contribution is -0.143. The minimum Gasteiger partial charge on any atom is -0.494 e. The van der Waals surface area contributed by atoms with Gasteiger partial charge in [-0.05, 0) is 31.0 Å². The Kier molecular flexibility index (Phi) is 4.77. The van der Waals surface area contributed by atoms with Crippen LogP contribution in [0.1, 0.15) is 36.0 Å². The Bertz CT molecular complexity index is 546. The molecule has 1 saturated carbocycles. The van der Waals surface area contributed by atoms with E-state index in [1.54, 1.807) is 0 Å². The Morgan fingerprint density at radius 1 is 1.33 bits per heavy atom. The van der Waals surface area contributed by atoms with Crippen LogP contribution in [0.15, 0.2) is 18.2 Å². The van der Waals surface area contributed by atoms with Crippen LogP contribution in [0.5, 0.6) is 5.75 Å². The smallest absolute Gasteiger partial charge is 0.308 e. The Balaban J connectivity index is 2.11. The molecule has 0 aromatic heterocycles. The molecule has 0 heterocycles. The van der Waals surface area contributed by atoms with E-state index in [1.165, 1.54) is 19.2 Å². The van der Waals surface area contributed by atoms with E-state index in [4.69, 9.17) is 4.74 Å². The number of methoxy groups -OCH3 is 1. The van der Waals surface area contributed by atoms with Gasteiger partial charge in [0, 0.05) is 11.6 Å². The van der Waals surface area contributed by atoms with Crippen LogP contribution < -0.4 is 10.1 Å². The quantitative estimate of drug-likeness (QED) is 0.893. The summed E-state index contributed by atoms with van der Waals surface area (Å²) in [4.78, 5) is 23.4. The van der Waals surface area contributed by atoms with Crippen molar-refractivity contribution in [1.82, 2.24) is 5.32 Å². The third kappa shape index (κ3) is 3.51. The molecule has 21 heavy (non-hydrogen) atoms. The number of carboxylic acid groups (broad SMARTS) is 1. The fourth-order valence-corrected chi connectivity index (χ4v) is 2.65. The molecule has 114 valence electrons. The van der Waals surface area contributed by atoms with Crippen molar-refractivity contribution in [3.8, 4) is 5.75 Å². The highest BCUT2D eigenvalue weighted by Gasteiger charge is 2.32. The number of rotatable bonds is 4. The standard InChI is InChI=1S/C15H18FNO4/c1-21-13-8-9(6-7-11(13)16)14(18)17-12-5-3-2-4-10(12)15(19)20/h6-8,10,12H,2-5H2,1H3,(H,17,18)(H,19,20). The third-order valence-corrected chi connectivity index (χ3v) is 3.81. The maximum Gasteiger partial charge on any atom is 0.308 e. The number of benzene rings is 1. The molecule has 1 aliphatic rings. The van der Waals surface area contributed by atoms with Gasteiger partial charge < -0.3 is 15.2 Å². The molecule has 2 N–H and O–H groups in total. The second-order valence-corrected chi connectivity index (χ2v) is 5.16. The summed E-state index contributed by atoms with van der Waals surface area (Å²) < 4.78 is 18.2. The van der Waals surface area contributed by atoms with Crippen LogP contribution in [-0.2, 0) is 4.79 Å². The Morgan fingerprint density at radius 2 is 2.05 bits per heavy atom. The van der Waals surface area contributed by atoms with E-state index in [9.17, 15) is 19.1 Å². The van der Waals surface area contributed by atoms with Crippen LogP contribution in [-0.4, -0.2) is 30.1 Å². The summed E-state index contributed by atoms with van der Waals surface area (Å²) in [5.74, 6) is -2.43. The van der Waals surface area contributed by atoms with Crippen molar-refractivity contribution < 1.29 is 23.8 Å². The van der Waals surface area contributed by atoms with E-state index >= 15 is 0 Å². The molecule has 2 rings (SSSR count). The van der Waals surface area contributed by atoms with Gasteiger partial charge in [0.15, 0.2) is 11.6 Å². The number of hydrogen-bond donors (Lipinski definition) is 2. The number of amides is 1. The molecular weight excluding hydrogens is 277 g/mol. The van der Waals surface area contributed by atoms with Crippen LogP contribution in [0, 0.1) is 11.7 Å². The molecule has 0 saturated heterocycles. The summed E-state index contributed by atoms with van der Waals surface area (Å²) in [5.41, 5.74) is 0.253. The Hall–Kier alpha value is -2.11. The normalized spacial score (nSPS) is 21.6. The summed E-state index contributed by atoms with van der Waals surface area (Å²) in [6.45, 7) is 0. The summed E-state index contributed by atoms with van der Waals surface area (Å²) in [7, 11) is 1.32. The molecule has 0 spiro atoms. The highest BCUT2D eigenvalue weighted by molar-refractivity contribution is 5.95. The van der Waals surface area contributed by atoms with E-state index in [1.807, 2.05) is 0 Å². The summed E-state index contributed by atoms with van der Waals surface area (Å²) in [5, 5.41) is 11.9. The molecule has 1 aliphatic carbocycles. The highest BCUT2D eigenvalue weighted by atomic mass is 19.1. The number of carboxylic acids is 1. The Labute approximate surface area is 122 Å². The molecule has 0 radical (unpaired) electrons. The molecule has 2 atom stereocenters. The van der Waals surface area contributed by atoms with Gasteiger partial charge in [0.1, 0.15) is 0 Å². The van der Waals surface area contributed by atoms with Gasteiger partial charge in [-0.15, -0.1) is 0 Å². The fourth-order valence-electron chi connectivity index (χ4n) is 2.65. The summed E-state index contributed by atoms with van der Waals surface area (Å²) >= 11 is 0. The lowest BCUT2D eigenvalue weighted by atomic mass is 9.84. The SMILES string of the molecule is COc1cc(C(=O)NC2CCCCC2C(=O)O)ccc1F. The van der Waals surface area contributed by atoms with E-state index in [2.05, 4.69) is 5.32 Å². The van der Waals surface area contributed by atoms with Gasteiger partial charge >= 0.3 is 5.97 Å². The van der Waals surface area contributed by atoms with Gasteiger partial charge in [-0.25, -0.2) is 4.39 Å². The lowest BCUT2D eigenvalue weighted by Gasteiger charge is -2.29. The minimum atomic E-state index is -0.892. The van der Waals surface area contributed by atoms with Crippen molar-refractivity contribution in [2.24, 2.45) is 5.92 Å². The third-order valence-electron chi connectivity index (χ3n) is 3.81. The number of carbonyl (C=O) groups excluding carboxylic acids is 1. The largest absolute Gasteiger partial charge is 0.494 e. The first-order valence-corrected chi connectivity index (χ1v) is 6.90. The van der Waals surface area contributed by atoms with E-state index in [-0.39, 0.29) is 17.4 Å². The zero-order valence-corrected chi connectivity index (χ0v) is 11.8. The molecule has 0 aliphatic heterocycles. The monoisotopic (exact) mass is 295 g/mol. The maximum atomic E-state index is 13.3. The van der Waals surface area contributed by atoms with Crippen LogP contribution >= 0.6 is 0 Å². The molecule has 2 unspecified atom stereocenters. The molecule has 1 aromatic carbocycles. The van der Waals surface area contributed by atoms with Crippen LogP contribution in [0.2, 0.25) is 0 Å². The first-order valence-electron chi connectivity index (χ1n) is 6.90. The van der Waals surface area contributed by atoms with Crippen molar-refractivity contribution in [3.63, 3.8) is 0 Å². The van der Waals surface area contributed by atoms with Crippen molar-refractivity contribution >= 4 is 11.9 Å². The number of aliphatic carboxylic acids is 1. The number of halogens is 1. The van der Waals surface area contributed by atoms with Crippen LogP contribution in [0.4, 0.5) is 4.39 Å². The van der Waals surface area contributed by atoms with Crippen molar-refractivity contribution in [2.75, 3.05) is 7.11 Å². The van der Waals surface area contributed by atoms with Crippen LogP contribution in [0.25, 0.3) is 0 Å². The number of nitrogens with one attached hydrogen (secondary N) is 1. The minimum absolute atomic E-state index is 0.0129. The molecule has 5 nitrogen and oxygen atoms in total. The fraction of sp³-hybridized carbons (Fsp3) is 0.467. The molecule has 1 aromatic rings. The molecule has 6 heteroatoms. The van der Waals surface area contributed by atoms with Gasteiger partial charge in [-0.1, -0.05) is 12.8 Å². The topological polar surface area (TPSA) is 75.6 Å². The summed E-state index contributed by atoms with van der Waals surface area (Å²) in [6, 6.07) is 3.43. The van der Waals surface area contributed by atoms with Gasteiger partial charge in [-0.3, -0.25) is 9.59 Å².